The minimum Gasteiger partial charge on any atom is -0.480 e. The highest BCUT2D eigenvalue weighted by molar-refractivity contribution is 7.09. The van der Waals surface area contributed by atoms with Gasteiger partial charge in [-0.05, 0) is 24.3 Å². The standard InChI is InChI=1S/C13H18N2O2S/c16-13(17)9-15-10-3-4-11(15)7-14(6-10)8-12-2-1-5-18-12/h1-2,5,10-11H,3-4,6-9H2,(H,16,17)/t10-,11-/m0/s1. The average Bonchev–Trinajstić information content (AvgIpc) is 2.87. The van der Waals surface area contributed by atoms with Crippen LogP contribution in [0.15, 0.2) is 17.5 Å². The Balaban J connectivity index is 1.62. The van der Waals surface area contributed by atoms with Gasteiger partial charge in [-0.1, -0.05) is 6.07 Å². The summed E-state index contributed by atoms with van der Waals surface area (Å²) in [5.41, 5.74) is 0. The van der Waals surface area contributed by atoms with Crippen LogP contribution in [0.4, 0.5) is 0 Å². The van der Waals surface area contributed by atoms with Crippen molar-refractivity contribution in [1.82, 2.24) is 9.80 Å². The molecule has 2 fully saturated rings. The summed E-state index contributed by atoms with van der Waals surface area (Å²) < 4.78 is 0. The maximum absolute atomic E-state index is 10.9. The molecule has 4 nitrogen and oxygen atoms in total. The van der Waals surface area contributed by atoms with Gasteiger partial charge in [-0.15, -0.1) is 11.3 Å². The van der Waals surface area contributed by atoms with E-state index in [0.717, 1.165) is 32.5 Å². The van der Waals surface area contributed by atoms with Crippen LogP contribution in [0.1, 0.15) is 17.7 Å². The zero-order chi connectivity index (χ0) is 12.5. The largest absolute Gasteiger partial charge is 0.480 e. The molecule has 2 saturated heterocycles. The third-order valence-electron chi connectivity index (χ3n) is 3.99. The molecule has 0 saturated carbocycles. The molecule has 0 amide bonds. The Morgan fingerprint density at radius 1 is 1.39 bits per heavy atom. The lowest BCUT2D eigenvalue weighted by molar-refractivity contribution is -0.140. The number of piperazine rings is 1. The van der Waals surface area contributed by atoms with Crippen LogP contribution >= 0.6 is 11.3 Å². The minimum absolute atomic E-state index is 0.210. The molecule has 2 aliphatic rings. The van der Waals surface area contributed by atoms with E-state index in [-0.39, 0.29) is 6.54 Å². The molecule has 0 aromatic carbocycles. The quantitative estimate of drug-likeness (QED) is 0.896. The third-order valence-corrected chi connectivity index (χ3v) is 4.85. The van der Waals surface area contributed by atoms with Gasteiger partial charge in [0.1, 0.15) is 0 Å². The number of thiophene rings is 1. The van der Waals surface area contributed by atoms with Crippen LogP contribution in [0.5, 0.6) is 0 Å². The summed E-state index contributed by atoms with van der Waals surface area (Å²) in [4.78, 5) is 16.9. The fourth-order valence-electron chi connectivity index (χ4n) is 3.24. The van der Waals surface area contributed by atoms with Crippen LogP contribution < -0.4 is 0 Å². The van der Waals surface area contributed by atoms with E-state index in [9.17, 15) is 4.79 Å². The Morgan fingerprint density at radius 2 is 2.11 bits per heavy atom. The first-order valence-corrected chi connectivity index (χ1v) is 7.32. The molecule has 98 valence electrons. The Kier molecular flexibility index (Phi) is 3.37. The zero-order valence-electron chi connectivity index (χ0n) is 10.3. The average molecular weight is 266 g/mol. The molecule has 0 spiro atoms. The van der Waals surface area contributed by atoms with Crippen molar-refractivity contribution in [3.8, 4) is 0 Å². The maximum Gasteiger partial charge on any atom is 0.317 e. The molecule has 1 N–H and O–H groups in total. The summed E-state index contributed by atoms with van der Waals surface area (Å²) in [6.07, 6.45) is 2.30. The Hall–Kier alpha value is -0.910. The number of fused-ring (bicyclic) bond motifs is 2. The first-order chi connectivity index (χ1) is 8.72. The fourth-order valence-corrected chi connectivity index (χ4v) is 3.99. The second kappa shape index (κ2) is 4.99. The summed E-state index contributed by atoms with van der Waals surface area (Å²) in [5, 5.41) is 11.1. The summed E-state index contributed by atoms with van der Waals surface area (Å²) >= 11 is 1.80. The molecule has 0 aliphatic carbocycles. The van der Waals surface area contributed by atoms with Crippen LogP contribution in [0.2, 0.25) is 0 Å². The molecule has 2 atom stereocenters. The SMILES string of the molecule is O=C(O)CN1[C@H]2CC[C@H]1CN(Cc1cccs1)C2. The molecule has 0 unspecified atom stereocenters. The summed E-state index contributed by atoms with van der Waals surface area (Å²) in [7, 11) is 0. The van der Waals surface area contributed by atoms with Crippen molar-refractivity contribution >= 4 is 17.3 Å². The summed E-state index contributed by atoms with van der Waals surface area (Å²) in [6.45, 7) is 3.26. The molecular formula is C13H18N2O2S. The van der Waals surface area contributed by atoms with Crippen LogP contribution in [-0.4, -0.2) is 52.6 Å². The number of carboxylic acid groups (broad SMARTS) is 1. The summed E-state index contributed by atoms with van der Waals surface area (Å²) in [6, 6.07) is 5.16. The zero-order valence-corrected chi connectivity index (χ0v) is 11.1. The number of likely N-dealkylation sites (tertiary alicyclic amines) is 1. The lowest BCUT2D eigenvalue weighted by Crippen LogP contribution is -2.54. The predicted molar refractivity (Wildman–Crippen MR) is 70.7 cm³/mol. The number of nitrogens with zero attached hydrogens (tertiary/aromatic N) is 2. The van der Waals surface area contributed by atoms with Gasteiger partial charge in [0.05, 0.1) is 6.54 Å². The topological polar surface area (TPSA) is 43.8 Å². The van der Waals surface area contributed by atoms with E-state index < -0.39 is 5.97 Å². The van der Waals surface area contributed by atoms with Crippen LogP contribution in [-0.2, 0) is 11.3 Å². The van der Waals surface area contributed by atoms with Gasteiger partial charge in [-0.3, -0.25) is 14.6 Å². The molecule has 1 aromatic rings. The molecular weight excluding hydrogens is 248 g/mol. The second-order valence-electron chi connectivity index (χ2n) is 5.22. The van der Waals surface area contributed by atoms with Gasteiger partial charge in [-0.25, -0.2) is 0 Å². The lowest BCUT2D eigenvalue weighted by Gasteiger charge is -2.40. The Labute approximate surface area is 111 Å². The Morgan fingerprint density at radius 3 is 2.67 bits per heavy atom. The van der Waals surface area contributed by atoms with E-state index in [1.54, 1.807) is 11.3 Å². The molecule has 2 bridgehead atoms. The van der Waals surface area contributed by atoms with Crippen molar-refractivity contribution in [1.29, 1.82) is 0 Å². The predicted octanol–water partition coefficient (Wildman–Crippen LogP) is 1.48. The molecule has 1 aromatic heterocycles. The molecule has 5 heteroatoms. The van der Waals surface area contributed by atoms with Gasteiger partial charge in [-0.2, -0.15) is 0 Å². The van der Waals surface area contributed by atoms with E-state index in [4.69, 9.17) is 5.11 Å². The van der Waals surface area contributed by atoms with Gasteiger partial charge in [0.2, 0.25) is 0 Å². The monoisotopic (exact) mass is 266 g/mol. The van der Waals surface area contributed by atoms with Gasteiger partial charge in [0.15, 0.2) is 0 Å². The van der Waals surface area contributed by atoms with Crippen molar-refractivity contribution in [2.45, 2.75) is 31.5 Å². The van der Waals surface area contributed by atoms with Crippen molar-refractivity contribution in [2.75, 3.05) is 19.6 Å². The third kappa shape index (κ3) is 2.43. The van der Waals surface area contributed by atoms with Crippen molar-refractivity contribution in [3.05, 3.63) is 22.4 Å². The van der Waals surface area contributed by atoms with Gasteiger partial charge < -0.3 is 5.11 Å². The highest BCUT2D eigenvalue weighted by atomic mass is 32.1. The summed E-state index contributed by atoms with van der Waals surface area (Å²) in [5.74, 6) is -0.696. The highest BCUT2D eigenvalue weighted by Gasteiger charge is 2.40. The number of carboxylic acids is 1. The molecule has 3 heterocycles. The fraction of sp³-hybridized carbons (Fsp3) is 0.615. The number of carbonyl (C=O) groups is 1. The smallest absolute Gasteiger partial charge is 0.317 e. The minimum atomic E-state index is -0.696. The highest BCUT2D eigenvalue weighted by Crippen LogP contribution is 2.30. The normalized spacial score (nSPS) is 28.7. The Bertz CT molecular complexity index is 407. The molecule has 3 rings (SSSR count). The van der Waals surface area contributed by atoms with E-state index in [0.29, 0.717) is 12.1 Å². The van der Waals surface area contributed by atoms with E-state index in [1.807, 2.05) is 0 Å². The van der Waals surface area contributed by atoms with Crippen molar-refractivity contribution in [2.24, 2.45) is 0 Å². The lowest BCUT2D eigenvalue weighted by atomic mass is 10.2. The maximum atomic E-state index is 10.9. The van der Waals surface area contributed by atoms with Crippen LogP contribution in [0.25, 0.3) is 0 Å². The molecule has 18 heavy (non-hydrogen) atoms. The van der Waals surface area contributed by atoms with Gasteiger partial charge in [0.25, 0.3) is 0 Å². The first-order valence-electron chi connectivity index (χ1n) is 6.44. The number of hydrogen-bond acceptors (Lipinski definition) is 4. The number of hydrogen-bond donors (Lipinski definition) is 1. The van der Waals surface area contributed by atoms with Gasteiger partial charge in [0, 0.05) is 36.6 Å². The van der Waals surface area contributed by atoms with Gasteiger partial charge >= 0.3 is 5.97 Å². The van der Waals surface area contributed by atoms with Crippen LogP contribution in [0.3, 0.4) is 0 Å². The first kappa shape index (κ1) is 12.1. The van der Waals surface area contributed by atoms with E-state index >= 15 is 0 Å². The van der Waals surface area contributed by atoms with Crippen LogP contribution in [0, 0.1) is 0 Å². The number of aliphatic carboxylic acids is 1. The molecule has 0 radical (unpaired) electrons. The van der Waals surface area contributed by atoms with E-state index in [2.05, 4.69) is 27.3 Å². The van der Waals surface area contributed by atoms with Crippen molar-refractivity contribution < 1.29 is 9.90 Å². The van der Waals surface area contributed by atoms with E-state index in [1.165, 1.54) is 4.88 Å². The second-order valence-corrected chi connectivity index (χ2v) is 6.26. The van der Waals surface area contributed by atoms with Crippen molar-refractivity contribution in [3.63, 3.8) is 0 Å². The molecule has 2 aliphatic heterocycles. The number of rotatable bonds is 4.